The first-order valence-corrected chi connectivity index (χ1v) is 22.9. The summed E-state index contributed by atoms with van der Waals surface area (Å²) in [6.07, 6.45) is 0. The zero-order valence-corrected chi connectivity index (χ0v) is 40.6. The summed E-state index contributed by atoms with van der Waals surface area (Å²) in [6, 6.07) is 19.8. The summed E-state index contributed by atoms with van der Waals surface area (Å²) in [5, 5.41) is 27.1. The first-order valence-electron chi connectivity index (χ1n) is 20.6. The Morgan fingerprint density at radius 2 is 0.985 bits per heavy atom. The largest absolute Gasteiger partial charge is 0.492 e. The minimum Gasteiger partial charge on any atom is -0.492 e. The molecule has 0 fully saturated rings. The standard InChI is InChI=1S/C47H43Cl5N8O8/c1-5-67-40-15-7-27(22-48)17-38(40)55-44(63)33-20-31(9-12-35(33)51)57-59-42(25(3)61)46(65)53-30-11-14-37(29(19-30)24-50)54-47(66)43(26(4)62)60-58-32-10-13-36(52)34(21-32)45(64)56-39-18-28(23-49)8-16-41(39)68-6-2/h7-21,42-43H,5-6,22-24H2,1-4H3,(H,53,65)(H,54,66)(H,55,63)(H,56,64). The summed E-state index contributed by atoms with van der Waals surface area (Å²) < 4.78 is 11.3. The van der Waals surface area contributed by atoms with Crippen molar-refractivity contribution < 1.29 is 38.2 Å². The Balaban J connectivity index is 1.26. The molecule has 5 aromatic carbocycles. The van der Waals surface area contributed by atoms with E-state index in [1.807, 2.05) is 0 Å². The lowest BCUT2D eigenvalue weighted by atomic mass is 10.1. The number of benzene rings is 5. The predicted molar refractivity (Wildman–Crippen MR) is 264 cm³/mol. The first kappa shape index (κ1) is 52.5. The summed E-state index contributed by atoms with van der Waals surface area (Å²) >= 11 is 31.0. The third-order valence-electron chi connectivity index (χ3n) is 9.50. The molecule has 0 saturated carbocycles. The number of carbonyl (C=O) groups is 6. The average molecular weight is 1030 g/mol. The highest BCUT2D eigenvalue weighted by Crippen LogP contribution is 2.32. The van der Waals surface area contributed by atoms with Gasteiger partial charge in [0.25, 0.3) is 23.6 Å². The van der Waals surface area contributed by atoms with Crippen molar-refractivity contribution >= 4 is 127 Å². The second-order valence-corrected chi connectivity index (χ2v) is 16.1. The van der Waals surface area contributed by atoms with Gasteiger partial charge in [-0.05, 0) is 123 Å². The van der Waals surface area contributed by atoms with Crippen molar-refractivity contribution in [3.05, 3.63) is 129 Å². The molecule has 2 unspecified atom stereocenters. The molecule has 0 aliphatic heterocycles. The number of ether oxygens (including phenoxy) is 2. The fraction of sp³-hybridized carbons (Fsp3) is 0.234. The van der Waals surface area contributed by atoms with Crippen LogP contribution in [-0.2, 0) is 36.8 Å². The van der Waals surface area contributed by atoms with Gasteiger partial charge in [-0.3, -0.25) is 28.8 Å². The maximum absolute atomic E-state index is 13.4. The summed E-state index contributed by atoms with van der Waals surface area (Å²) in [6.45, 7) is 6.62. The molecule has 0 saturated heterocycles. The molecule has 4 N–H and O–H groups in total. The van der Waals surface area contributed by atoms with Crippen LogP contribution in [0.5, 0.6) is 11.5 Å². The lowest BCUT2D eigenvalue weighted by molar-refractivity contribution is -0.127. The minimum atomic E-state index is -1.62. The number of azo groups is 2. The van der Waals surface area contributed by atoms with Crippen molar-refractivity contribution in [1.82, 2.24) is 0 Å². The van der Waals surface area contributed by atoms with Crippen LogP contribution in [0.4, 0.5) is 34.1 Å². The van der Waals surface area contributed by atoms with Crippen LogP contribution in [0.2, 0.25) is 10.0 Å². The molecule has 5 rings (SSSR count). The molecule has 21 heteroatoms. The number of Topliss-reactive ketones (excluding diaryl/α,β-unsaturated/α-hetero) is 2. The van der Waals surface area contributed by atoms with Gasteiger partial charge in [0.05, 0.1) is 57.1 Å². The smallest absolute Gasteiger partial charge is 0.258 e. The summed E-state index contributed by atoms with van der Waals surface area (Å²) in [5.74, 6) is -3.06. The maximum atomic E-state index is 13.4. The highest BCUT2D eigenvalue weighted by atomic mass is 35.5. The van der Waals surface area contributed by atoms with Crippen molar-refractivity contribution in [2.24, 2.45) is 20.5 Å². The third kappa shape index (κ3) is 14.1. The highest BCUT2D eigenvalue weighted by Gasteiger charge is 2.26. The van der Waals surface area contributed by atoms with E-state index in [-0.39, 0.29) is 61.6 Å². The number of rotatable bonds is 21. The first-order chi connectivity index (χ1) is 32.6. The number of ketones is 2. The van der Waals surface area contributed by atoms with Crippen molar-refractivity contribution in [2.45, 2.75) is 57.4 Å². The van der Waals surface area contributed by atoms with Crippen molar-refractivity contribution in [3.8, 4) is 11.5 Å². The zero-order valence-electron chi connectivity index (χ0n) is 36.8. The molecule has 0 aliphatic carbocycles. The van der Waals surface area contributed by atoms with Gasteiger partial charge in [0.15, 0.2) is 11.6 Å². The van der Waals surface area contributed by atoms with E-state index in [9.17, 15) is 28.8 Å². The van der Waals surface area contributed by atoms with Crippen molar-refractivity contribution in [3.63, 3.8) is 0 Å². The van der Waals surface area contributed by atoms with Gasteiger partial charge in [-0.2, -0.15) is 20.5 Å². The Morgan fingerprint density at radius 3 is 1.40 bits per heavy atom. The minimum absolute atomic E-state index is 0.0301. The molecule has 0 heterocycles. The van der Waals surface area contributed by atoms with Crippen LogP contribution in [0, 0.1) is 0 Å². The number of hydrogen-bond donors (Lipinski definition) is 4. The van der Waals surface area contributed by atoms with Gasteiger partial charge >= 0.3 is 0 Å². The molecule has 4 amide bonds. The number of nitrogens with one attached hydrogen (secondary N) is 4. The van der Waals surface area contributed by atoms with E-state index in [2.05, 4.69) is 41.7 Å². The lowest BCUT2D eigenvalue weighted by Crippen LogP contribution is -2.32. The molecule has 0 spiro atoms. The highest BCUT2D eigenvalue weighted by molar-refractivity contribution is 6.35. The van der Waals surface area contributed by atoms with E-state index in [1.165, 1.54) is 54.6 Å². The Bertz CT molecular complexity index is 2790. The molecule has 0 bridgehead atoms. The van der Waals surface area contributed by atoms with E-state index in [0.717, 1.165) is 25.0 Å². The van der Waals surface area contributed by atoms with Gasteiger partial charge < -0.3 is 30.7 Å². The molecule has 354 valence electrons. The number of amides is 4. The SMILES string of the molecule is CCOc1ccc(CCl)cc1NC(=O)c1cc(N=NC(C(C)=O)C(=O)Nc2ccc(NC(=O)C(N=Nc3ccc(Cl)c(C(=O)Nc4cc(CCl)ccc4OCC)c3)C(C)=O)c(CCl)c2)ccc1Cl. The van der Waals surface area contributed by atoms with Gasteiger partial charge in [-0.1, -0.05) is 35.3 Å². The maximum Gasteiger partial charge on any atom is 0.258 e. The molecule has 16 nitrogen and oxygen atoms in total. The molecular formula is C47H43Cl5N8O8. The molecular weight excluding hydrogens is 982 g/mol. The number of anilines is 4. The van der Waals surface area contributed by atoms with Crippen molar-refractivity contribution in [2.75, 3.05) is 34.5 Å². The van der Waals surface area contributed by atoms with E-state index in [4.69, 9.17) is 67.5 Å². The Labute approximate surface area is 416 Å². The summed E-state index contributed by atoms with van der Waals surface area (Å²) in [7, 11) is 0. The third-order valence-corrected chi connectivity index (χ3v) is 11.1. The molecule has 0 aromatic heterocycles. The van der Waals surface area contributed by atoms with E-state index in [1.54, 1.807) is 50.2 Å². The van der Waals surface area contributed by atoms with Gasteiger partial charge in [-0.15, -0.1) is 34.8 Å². The Kier molecular flexibility index (Phi) is 19.4. The Morgan fingerprint density at radius 1 is 0.529 bits per heavy atom. The van der Waals surface area contributed by atoms with Crippen LogP contribution in [0.3, 0.4) is 0 Å². The second kappa shape index (κ2) is 25.1. The van der Waals surface area contributed by atoms with Crippen LogP contribution >= 0.6 is 58.0 Å². The van der Waals surface area contributed by atoms with Crippen LogP contribution in [0.1, 0.15) is 65.1 Å². The van der Waals surface area contributed by atoms with E-state index >= 15 is 0 Å². The number of alkyl halides is 3. The molecule has 0 aliphatic rings. The van der Waals surface area contributed by atoms with Gasteiger partial charge in [0.1, 0.15) is 11.5 Å². The molecule has 2 atom stereocenters. The number of halogens is 5. The number of hydrogen-bond acceptors (Lipinski definition) is 12. The average Bonchev–Trinajstić information content (AvgIpc) is 3.31. The van der Waals surface area contributed by atoms with Crippen LogP contribution in [-0.4, -0.2) is 60.5 Å². The van der Waals surface area contributed by atoms with E-state index in [0.29, 0.717) is 41.7 Å². The molecule has 5 aromatic rings. The van der Waals surface area contributed by atoms with Gasteiger partial charge in [-0.25, -0.2) is 0 Å². The predicted octanol–water partition coefficient (Wildman–Crippen LogP) is 11.9. The second-order valence-electron chi connectivity index (χ2n) is 14.5. The lowest BCUT2D eigenvalue weighted by Gasteiger charge is -2.15. The number of carbonyl (C=O) groups excluding carboxylic acids is 6. The zero-order chi connectivity index (χ0) is 49.5. The summed E-state index contributed by atoms with van der Waals surface area (Å²) in [4.78, 5) is 78.8. The van der Waals surface area contributed by atoms with Gasteiger partial charge in [0, 0.05) is 29.0 Å². The topological polar surface area (TPSA) is 218 Å². The molecule has 68 heavy (non-hydrogen) atoms. The van der Waals surface area contributed by atoms with Gasteiger partial charge in [0.2, 0.25) is 12.1 Å². The normalized spacial score (nSPS) is 12.0. The van der Waals surface area contributed by atoms with Crippen molar-refractivity contribution in [1.29, 1.82) is 0 Å². The fourth-order valence-electron chi connectivity index (χ4n) is 6.16. The van der Waals surface area contributed by atoms with E-state index < -0.39 is 47.3 Å². The summed E-state index contributed by atoms with van der Waals surface area (Å²) in [5.41, 5.74) is 3.23. The van der Waals surface area contributed by atoms with Crippen LogP contribution < -0.4 is 30.7 Å². The molecule has 0 radical (unpaired) electrons. The van der Waals surface area contributed by atoms with Crippen LogP contribution in [0.15, 0.2) is 111 Å². The fourth-order valence-corrected chi connectivity index (χ4v) is 7.12. The monoisotopic (exact) mass is 1020 g/mol. The quantitative estimate of drug-likeness (QED) is 0.0314. The Hall–Kier alpha value is -6.43. The number of nitrogens with zero attached hydrogens (tertiary/aromatic N) is 4. The van der Waals surface area contributed by atoms with Crippen LogP contribution in [0.25, 0.3) is 0 Å².